The Morgan fingerprint density at radius 3 is 2.92 bits per heavy atom. The van der Waals surface area contributed by atoms with E-state index in [1.54, 1.807) is 0 Å². The van der Waals surface area contributed by atoms with E-state index in [1.165, 1.54) is 0 Å². The zero-order chi connectivity index (χ0) is 9.03. The van der Waals surface area contributed by atoms with Crippen molar-refractivity contribution in [3.63, 3.8) is 0 Å². The van der Waals surface area contributed by atoms with Crippen LogP contribution in [0.1, 0.15) is 13.3 Å². The number of aliphatic hydroxyl groups excluding tert-OH is 2. The molecule has 0 aromatic heterocycles. The van der Waals surface area contributed by atoms with E-state index in [1.807, 2.05) is 0 Å². The molecule has 1 aliphatic rings. The molecule has 0 aliphatic carbocycles. The van der Waals surface area contributed by atoms with Gasteiger partial charge in [-0.15, -0.1) is 0 Å². The van der Waals surface area contributed by atoms with Crippen molar-refractivity contribution in [2.75, 3.05) is 26.4 Å². The Kier molecular flexibility index (Phi) is 3.46. The van der Waals surface area contributed by atoms with E-state index in [9.17, 15) is 0 Å². The highest BCUT2D eigenvalue weighted by atomic mass is 16.5. The molecule has 0 amide bonds. The number of rotatable bonds is 4. The van der Waals surface area contributed by atoms with Gasteiger partial charge in [-0.1, -0.05) is 0 Å². The van der Waals surface area contributed by atoms with E-state index in [4.69, 9.17) is 14.9 Å². The minimum atomic E-state index is -0.664. The summed E-state index contributed by atoms with van der Waals surface area (Å²) in [7, 11) is 0. The molecule has 0 aromatic rings. The SMILES string of the molecule is CC1(NC[C@H](O)CO)CCOC1. The van der Waals surface area contributed by atoms with E-state index in [0.717, 1.165) is 13.0 Å². The van der Waals surface area contributed by atoms with Crippen molar-refractivity contribution < 1.29 is 14.9 Å². The van der Waals surface area contributed by atoms with Crippen LogP contribution in [-0.2, 0) is 4.74 Å². The number of hydrogen-bond donors (Lipinski definition) is 3. The lowest BCUT2D eigenvalue weighted by Crippen LogP contribution is -2.46. The highest BCUT2D eigenvalue weighted by Gasteiger charge is 2.29. The van der Waals surface area contributed by atoms with E-state index >= 15 is 0 Å². The molecule has 3 N–H and O–H groups in total. The highest BCUT2D eigenvalue weighted by molar-refractivity contribution is 4.87. The third-order valence-corrected chi connectivity index (χ3v) is 2.19. The summed E-state index contributed by atoms with van der Waals surface area (Å²) in [5.74, 6) is 0. The second-order valence-corrected chi connectivity index (χ2v) is 3.58. The summed E-state index contributed by atoms with van der Waals surface area (Å²) in [6.07, 6.45) is 0.299. The number of aliphatic hydroxyl groups is 2. The zero-order valence-electron chi connectivity index (χ0n) is 7.42. The first-order valence-corrected chi connectivity index (χ1v) is 4.28. The third-order valence-electron chi connectivity index (χ3n) is 2.19. The highest BCUT2D eigenvalue weighted by Crippen LogP contribution is 2.16. The van der Waals surface area contributed by atoms with Gasteiger partial charge in [-0.25, -0.2) is 0 Å². The molecular formula is C8H17NO3. The Hall–Kier alpha value is -0.160. The van der Waals surface area contributed by atoms with Crippen LogP contribution in [0.4, 0.5) is 0 Å². The summed E-state index contributed by atoms with van der Waals surface area (Å²) in [4.78, 5) is 0. The van der Waals surface area contributed by atoms with Gasteiger partial charge < -0.3 is 20.3 Å². The Morgan fingerprint density at radius 2 is 2.42 bits per heavy atom. The first-order chi connectivity index (χ1) is 5.66. The maximum atomic E-state index is 9.08. The average molecular weight is 175 g/mol. The smallest absolute Gasteiger partial charge is 0.0895 e. The largest absolute Gasteiger partial charge is 0.394 e. The lowest BCUT2D eigenvalue weighted by Gasteiger charge is -2.24. The van der Waals surface area contributed by atoms with Crippen LogP contribution in [0.25, 0.3) is 0 Å². The van der Waals surface area contributed by atoms with Crippen molar-refractivity contribution >= 4 is 0 Å². The van der Waals surface area contributed by atoms with Gasteiger partial charge in [0, 0.05) is 18.7 Å². The topological polar surface area (TPSA) is 61.7 Å². The Balaban J connectivity index is 2.21. The number of hydrogen-bond acceptors (Lipinski definition) is 4. The fraction of sp³-hybridized carbons (Fsp3) is 1.00. The molecule has 12 heavy (non-hydrogen) atoms. The Bertz CT molecular complexity index is 134. The predicted octanol–water partition coefficient (Wildman–Crippen LogP) is -0.892. The molecule has 0 radical (unpaired) electrons. The number of nitrogens with one attached hydrogen (secondary N) is 1. The van der Waals surface area contributed by atoms with Crippen molar-refractivity contribution in [3.05, 3.63) is 0 Å². The van der Waals surface area contributed by atoms with E-state index in [2.05, 4.69) is 12.2 Å². The second-order valence-electron chi connectivity index (χ2n) is 3.58. The molecule has 2 atom stereocenters. The molecular weight excluding hydrogens is 158 g/mol. The minimum absolute atomic E-state index is 0.0177. The van der Waals surface area contributed by atoms with Gasteiger partial charge in [0.15, 0.2) is 0 Å². The van der Waals surface area contributed by atoms with Gasteiger partial charge in [-0.05, 0) is 13.3 Å². The molecule has 1 rings (SSSR count). The molecule has 1 heterocycles. The van der Waals surface area contributed by atoms with Crippen LogP contribution >= 0.6 is 0 Å². The van der Waals surface area contributed by atoms with Crippen LogP contribution in [0.3, 0.4) is 0 Å². The Labute approximate surface area is 72.5 Å². The molecule has 1 fully saturated rings. The molecule has 4 heteroatoms. The van der Waals surface area contributed by atoms with Crippen LogP contribution in [0.15, 0.2) is 0 Å². The third kappa shape index (κ3) is 2.71. The predicted molar refractivity (Wildman–Crippen MR) is 44.9 cm³/mol. The monoisotopic (exact) mass is 175 g/mol. The fourth-order valence-corrected chi connectivity index (χ4v) is 1.24. The van der Waals surface area contributed by atoms with Crippen LogP contribution in [-0.4, -0.2) is 48.2 Å². The van der Waals surface area contributed by atoms with Crippen molar-refractivity contribution in [1.29, 1.82) is 0 Å². The minimum Gasteiger partial charge on any atom is -0.394 e. The summed E-state index contributed by atoms with van der Waals surface area (Å²) in [6, 6.07) is 0. The van der Waals surface area contributed by atoms with Gasteiger partial charge >= 0.3 is 0 Å². The van der Waals surface area contributed by atoms with E-state index in [-0.39, 0.29) is 12.1 Å². The van der Waals surface area contributed by atoms with Gasteiger partial charge in [0.2, 0.25) is 0 Å². The summed E-state index contributed by atoms with van der Waals surface area (Å²) < 4.78 is 5.22. The molecule has 0 saturated carbocycles. The van der Waals surface area contributed by atoms with Crippen molar-refractivity contribution in [3.8, 4) is 0 Å². The van der Waals surface area contributed by atoms with E-state index < -0.39 is 6.10 Å². The maximum Gasteiger partial charge on any atom is 0.0895 e. The molecule has 0 spiro atoms. The van der Waals surface area contributed by atoms with Gasteiger partial charge in [0.1, 0.15) is 0 Å². The van der Waals surface area contributed by atoms with Crippen LogP contribution in [0, 0.1) is 0 Å². The van der Waals surface area contributed by atoms with Crippen molar-refractivity contribution in [2.24, 2.45) is 0 Å². The van der Waals surface area contributed by atoms with Gasteiger partial charge in [0.25, 0.3) is 0 Å². The van der Waals surface area contributed by atoms with Gasteiger partial charge in [-0.3, -0.25) is 0 Å². The molecule has 72 valence electrons. The van der Waals surface area contributed by atoms with Gasteiger partial charge in [-0.2, -0.15) is 0 Å². The number of ether oxygens (including phenoxy) is 1. The molecule has 0 bridgehead atoms. The molecule has 1 unspecified atom stereocenters. The summed E-state index contributed by atoms with van der Waals surface area (Å²) in [5.41, 5.74) is -0.0177. The summed E-state index contributed by atoms with van der Waals surface area (Å²) in [5, 5.41) is 20.8. The molecule has 1 aliphatic heterocycles. The lowest BCUT2D eigenvalue weighted by molar-refractivity contribution is 0.0842. The van der Waals surface area contributed by atoms with Crippen LogP contribution in [0.2, 0.25) is 0 Å². The Morgan fingerprint density at radius 1 is 1.67 bits per heavy atom. The van der Waals surface area contributed by atoms with Crippen molar-refractivity contribution in [2.45, 2.75) is 25.0 Å². The normalized spacial score (nSPS) is 32.2. The quantitative estimate of drug-likeness (QED) is 0.518. The molecule has 1 saturated heterocycles. The lowest BCUT2D eigenvalue weighted by atomic mass is 10.0. The molecule has 0 aromatic carbocycles. The number of β-amino-alcohol motifs (C(OH)–C–C–N with tert-alkyl or cyclic N) is 1. The van der Waals surface area contributed by atoms with E-state index in [0.29, 0.717) is 13.2 Å². The first-order valence-electron chi connectivity index (χ1n) is 4.28. The average Bonchev–Trinajstić information content (AvgIpc) is 2.49. The summed E-state index contributed by atoms with van der Waals surface area (Å²) in [6.45, 7) is 3.76. The van der Waals surface area contributed by atoms with Crippen molar-refractivity contribution in [1.82, 2.24) is 5.32 Å². The van der Waals surface area contributed by atoms with Crippen LogP contribution in [0.5, 0.6) is 0 Å². The standard InChI is InChI=1S/C8H17NO3/c1-8(2-3-12-6-8)9-4-7(11)5-10/h7,9-11H,2-6H2,1H3/t7-,8?/m0/s1. The summed E-state index contributed by atoms with van der Waals surface area (Å²) >= 11 is 0. The zero-order valence-corrected chi connectivity index (χ0v) is 7.42. The first kappa shape index (κ1) is 9.92. The maximum absolute atomic E-state index is 9.08. The molecule has 4 nitrogen and oxygen atoms in total. The van der Waals surface area contributed by atoms with Crippen LogP contribution < -0.4 is 5.32 Å². The second kappa shape index (κ2) is 4.18. The fourth-order valence-electron chi connectivity index (χ4n) is 1.24. The van der Waals surface area contributed by atoms with Gasteiger partial charge in [0.05, 0.1) is 19.3 Å².